The van der Waals surface area contributed by atoms with Crippen molar-refractivity contribution in [1.82, 2.24) is 15.1 Å². The normalized spacial score (nSPS) is 20.7. The second-order valence-electron chi connectivity index (χ2n) is 7.36. The van der Waals surface area contributed by atoms with Gasteiger partial charge in [-0.15, -0.1) is 0 Å². The van der Waals surface area contributed by atoms with E-state index in [-0.39, 0.29) is 6.03 Å². The molecule has 0 bridgehead atoms. The van der Waals surface area contributed by atoms with Crippen LogP contribution in [-0.2, 0) is 15.9 Å². The number of urea groups is 1. The van der Waals surface area contributed by atoms with E-state index in [2.05, 4.69) is 22.3 Å². The van der Waals surface area contributed by atoms with E-state index in [1.165, 1.54) is 18.4 Å². The van der Waals surface area contributed by atoms with Gasteiger partial charge >= 0.3 is 6.03 Å². The molecule has 1 N–H and O–H groups in total. The average molecular weight is 376 g/mol. The van der Waals surface area contributed by atoms with Gasteiger partial charge in [0, 0.05) is 52.5 Å². The largest absolute Gasteiger partial charge is 0.381 e. The maximum absolute atomic E-state index is 12.3. The van der Waals surface area contributed by atoms with Gasteiger partial charge in [0.1, 0.15) is 0 Å². The quantitative estimate of drug-likeness (QED) is 0.672. The topological polar surface area (TPSA) is 54.0 Å². The second kappa shape index (κ2) is 11.3. The summed E-state index contributed by atoms with van der Waals surface area (Å²) in [5.41, 5.74) is 1.30. The molecule has 6 nitrogen and oxygen atoms in total. The van der Waals surface area contributed by atoms with E-state index in [0.717, 1.165) is 58.8 Å². The molecule has 3 rings (SSSR count). The maximum Gasteiger partial charge on any atom is 0.317 e. The highest BCUT2D eigenvalue weighted by molar-refractivity contribution is 5.74. The molecule has 2 aliphatic heterocycles. The van der Waals surface area contributed by atoms with Crippen LogP contribution in [-0.4, -0.2) is 81.0 Å². The molecule has 2 fully saturated rings. The van der Waals surface area contributed by atoms with Crippen molar-refractivity contribution in [3.63, 3.8) is 0 Å². The van der Waals surface area contributed by atoms with Gasteiger partial charge in [-0.3, -0.25) is 4.90 Å². The fourth-order valence-electron chi connectivity index (χ4n) is 3.63. The number of nitrogens with one attached hydrogen (secondary N) is 1. The minimum atomic E-state index is 0.0519. The Bertz CT molecular complexity index is 541. The van der Waals surface area contributed by atoms with Crippen LogP contribution in [0.2, 0.25) is 0 Å². The Labute approximate surface area is 162 Å². The summed E-state index contributed by atoms with van der Waals surface area (Å²) in [6.07, 6.45) is 4.53. The Hall–Kier alpha value is -1.63. The molecule has 0 aliphatic carbocycles. The molecule has 6 heteroatoms. The summed E-state index contributed by atoms with van der Waals surface area (Å²) in [6.45, 7) is 7.47. The molecule has 27 heavy (non-hydrogen) atoms. The predicted octanol–water partition coefficient (Wildman–Crippen LogP) is 2.14. The second-order valence-corrected chi connectivity index (χ2v) is 7.36. The number of nitrogens with zero attached hydrogens (tertiary/aromatic N) is 2. The van der Waals surface area contributed by atoms with Crippen molar-refractivity contribution in [3.05, 3.63) is 35.9 Å². The number of carbonyl (C=O) groups excluding carboxylic acids is 1. The van der Waals surface area contributed by atoms with Gasteiger partial charge in [0.05, 0.1) is 12.7 Å². The number of amides is 2. The molecule has 2 heterocycles. The van der Waals surface area contributed by atoms with Gasteiger partial charge in [0.2, 0.25) is 0 Å². The Morgan fingerprint density at radius 2 is 1.96 bits per heavy atom. The zero-order valence-electron chi connectivity index (χ0n) is 16.3. The maximum atomic E-state index is 12.3. The Morgan fingerprint density at radius 1 is 1.15 bits per heavy atom. The fourth-order valence-corrected chi connectivity index (χ4v) is 3.63. The van der Waals surface area contributed by atoms with Crippen molar-refractivity contribution < 1.29 is 14.3 Å². The summed E-state index contributed by atoms with van der Waals surface area (Å²) in [6, 6.07) is 10.4. The van der Waals surface area contributed by atoms with Gasteiger partial charge in [-0.1, -0.05) is 30.3 Å². The Balaban J connectivity index is 1.19. The van der Waals surface area contributed by atoms with Crippen LogP contribution in [0.1, 0.15) is 24.8 Å². The number of ether oxygens (including phenoxy) is 2. The van der Waals surface area contributed by atoms with Crippen LogP contribution in [0, 0.1) is 0 Å². The van der Waals surface area contributed by atoms with Crippen LogP contribution in [0.15, 0.2) is 30.3 Å². The van der Waals surface area contributed by atoms with Gasteiger partial charge in [-0.2, -0.15) is 0 Å². The van der Waals surface area contributed by atoms with Crippen molar-refractivity contribution in [2.45, 2.75) is 31.8 Å². The monoisotopic (exact) mass is 375 g/mol. The first kappa shape index (κ1) is 20.1. The number of rotatable bonds is 9. The standard InChI is InChI=1S/C21H33N3O3/c25-21(22-10-5-15-26-17-9-19-6-2-1-3-7-19)24-13-11-23(12-14-24)18-20-8-4-16-27-20/h1-3,6-7,20H,4-5,8-18H2,(H,22,25). The van der Waals surface area contributed by atoms with Crippen molar-refractivity contribution in [3.8, 4) is 0 Å². The minimum absolute atomic E-state index is 0.0519. The number of piperazine rings is 1. The Morgan fingerprint density at radius 3 is 2.70 bits per heavy atom. The van der Waals surface area contributed by atoms with E-state index in [4.69, 9.17) is 9.47 Å². The lowest BCUT2D eigenvalue weighted by Crippen LogP contribution is -2.53. The first-order valence-corrected chi connectivity index (χ1v) is 10.3. The molecule has 0 radical (unpaired) electrons. The molecule has 1 aromatic carbocycles. The SMILES string of the molecule is O=C(NCCCOCCc1ccccc1)N1CCN(CC2CCCO2)CC1. The van der Waals surface area contributed by atoms with Gasteiger partial charge < -0.3 is 19.7 Å². The summed E-state index contributed by atoms with van der Waals surface area (Å²) in [5.74, 6) is 0. The van der Waals surface area contributed by atoms with Crippen LogP contribution in [0.4, 0.5) is 4.79 Å². The average Bonchev–Trinajstić information content (AvgIpc) is 3.21. The lowest BCUT2D eigenvalue weighted by molar-refractivity contribution is 0.0560. The van der Waals surface area contributed by atoms with Crippen molar-refractivity contribution >= 4 is 6.03 Å². The molecule has 0 saturated carbocycles. The third-order valence-corrected chi connectivity index (χ3v) is 5.26. The fraction of sp³-hybridized carbons (Fsp3) is 0.667. The molecular weight excluding hydrogens is 342 g/mol. The lowest BCUT2D eigenvalue weighted by Gasteiger charge is -2.35. The molecule has 0 aromatic heterocycles. The molecule has 2 amide bonds. The third-order valence-electron chi connectivity index (χ3n) is 5.26. The zero-order chi connectivity index (χ0) is 18.7. The van der Waals surface area contributed by atoms with E-state index >= 15 is 0 Å². The number of hydrogen-bond donors (Lipinski definition) is 1. The van der Waals surface area contributed by atoms with Crippen LogP contribution < -0.4 is 5.32 Å². The molecule has 2 saturated heterocycles. The molecule has 2 aliphatic rings. The molecule has 1 unspecified atom stereocenters. The highest BCUT2D eigenvalue weighted by Crippen LogP contribution is 2.14. The first-order valence-electron chi connectivity index (χ1n) is 10.3. The first-order chi connectivity index (χ1) is 13.3. The Kier molecular flexibility index (Phi) is 8.39. The number of carbonyl (C=O) groups is 1. The summed E-state index contributed by atoms with van der Waals surface area (Å²) in [4.78, 5) is 16.6. The molecular formula is C21H33N3O3. The number of hydrogen-bond acceptors (Lipinski definition) is 4. The molecule has 1 aromatic rings. The van der Waals surface area contributed by atoms with Gasteiger partial charge in [-0.05, 0) is 31.2 Å². The van der Waals surface area contributed by atoms with Crippen molar-refractivity contribution in [1.29, 1.82) is 0 Å². The third kappa shape index (κ3) is 7.13. The highest BCUT2D eigenvalue weighted by Gasteiger charge is 2.24. The summed E-state index contributed by atoms with van der Waals surface area (Å²) >= 11 is 0. The smallest absolute Gasteiger partial charge is 0.317 e. The molecule has 150 valence electrons. The van der Waals surface area contributed by atoms with Crippen LogP contribution in [0.5, 0.6) is 0 Å². The van der Waals surface area contributed by atoms with E-state index in [1.54, 1.807) is 0 Å². The summed E-state index contributed by atoms with van der Waals surface area (Å²) in [7, 11) is 0. The zero-order valence-corrected chi connectivity index (χ0v) is 16.3. The van der Waals surface area contributed by atoms with E-state index in [9.17, 15) is 4.79 Å². The van der Waals surface area contributed by atoms with E-state index in [0.29, 0.717) is 19.3 Å². The van der Waals surface area contributed by atoms with Crippen molar-refractivity contribution in [2.24, 2.45) is 0 Å². The van der Waals surface area contributed by atoms with Crippen molar-refractivity contribution in [2.75, 3.05) is 59.1 Å². The summed E-state index contributed by atoms with van der Waals surface area (Å²) in [5, 5.41) is 3.01. The highest BCUT2D eigenvalue weighted by atomic mass is 16.5. The van der Waals surface area contributed by atoms with Gasteiger partial charge in [0.15, 0.2) is 0 Å². The van der Waals surface area contributed by atoms with E-state index < -0.39 is 0 Å². The van der Waals surface area contributed by atoms with Gasteiger partial charge in [-0.25, -0.2) is 4.79 Å². The van der Waals surface area contributed by atoms with Crippen LogP contribution in [0.3, 0.4) is 0 Å². The van der Waals surface area contributed by atoms with Crippen LogP contribution >= 0.6 is 0 Å². The lowest BCUT2D eigenvalue weighted by atomic mass is 10.2. The minimum Gasteiger partial charge on any atom is -0.381 e. The molecule has 1 atom stereocenters. The van der Waals surface area contributed by atoms with Crippen LogP contribution in [0.25, 0.3) is 0 Å². The van der Waals surface area contributed by atoms with E-state index in [1.807, 2.05) is 23.1 Å². The van der Waals surface area contributed by atoms with Gasteiger partial charge in [0.25, 0.3) is 0 Å². The molecule has 0 spiro atoms. The number of benzene rings is 1. The summed E-state index contributed by atoms with van der Waals surface area (Å²) < 4.78 is 11.4. The predicted molar refractivity (Wildman–Crippen MR) is 106 cm³/mol.